The van der Waals surface area contributed by atoms with E-state index in [1.807, 2.05) is 48.5 Å². The van der Waals surface area contributed by atoms with Crippen LogP contribution in [0.4, 0.5) is 10.5 Å². The fourth-order valence-corrected chi connectivity index (χ4v) is 3.64. The molecule has 132 valence electrons. The van der Waals surface area contributed by atoms with Gasteiger partial charge in [0.15, 0.2) is 0 Å². The van der Waals surface area contributed by atoms with Crippen LogP contribution >= 0.6 is 0 Å². The fraction of sp³-hybridized carbons (Fsp3) is 0.278. The lowest BCUT2D eigenvalue weighted by atomic mass is 10.0. The molecule has 7 heteroatoms. The Morgan fingerprint density at radius 3 is 2.60 bits per heavy atom. The maximum atomic E-state index is 12.0. The number of sulfonamides is 1. The monoisotopic (exact) mass is 359 g/mol. The number of nitrogens with one attached hydrogen (secondary N) is 2. The van der Waals surface area contributed by atoms with E-state index in [1.54, 1.807) is 0 Å². The summed E-state index contributed by atoms with van der Waals surface area (Å²) in [6.07, 6.45) is 1.90. The third-order valence-electron chi connectivity index (χ3n) is 4.21. The SMILES string of the molecule is CS(=O)(=O)N1CCc2ccc(NC(=O)NCc3ccccc3)cc2C1. The number of urea groups is 1. The summed E-state index contributed by atoms with van der Waals surface area (Å²) in [5, 5.41) is 5.60. The van der Waals surface area contributed by atoms with Crippen LogP contribution in [0.5, 0.6) is 0 Å². The van der Waals surface area contributed by atoms with Crippen molar-refractivity contribution in [1.82, 2.24) is 9.62 Å². The molecule has 1 aliphatic rings. The normalized spacial score (nSPS) is 14.6. The average molecular weight is 359 g/mol. The summed E-state index contributed by atoms with van der Waals surface area (Å²) < 4.78 is 24.9. The number of benzene rings is 2. The van der Waals surface area contributed by atoms with Gasteiger partial charge in [-0.1, -0.05) is 36.4 Å². The summed E-state index contributed by atoms with van der Waals surface area (Å²) in [6.45, 7) is 1.28. The Morgan fingerprint density at radius 2 is 1.88 bits per heavy atom. The maximum Gasteiger partial charge on any atom is 0.319 e. The molecule has 0 bridgehead atoms. The van der Waals surface area contributed by atoms with E-state index >= 15 is 0 Å². The van der Waals surface area contributed by atoms with Crippen LogP contribution in [0.1, 0.15) is 16.7 Å². The molecule has 0 aliphatic carbocycles. The van der Waals surface area contributed by atoms with Crippen molar-refractivity contribution in [2.24, 2.45) is 0 Å². The molecule has 0 aromatic heterocycles. The second-order valence-corrected chi connectivity index (χ2v) is 8.11. The third-order valence-corrected chi connectivity index (χ3v) is 5.46. The molecular formula is C18H21N3O3S. The topological polar surface area (TPSA) is 78.5 Å². The minimum atomic E-state index is -3.21. The maximum absolute atomic E-state index is 12.0. The molecule has 2 aromatic carbocycles. The summed E-state index contributed by atoms with van der Waals surface area (Å²) >= 11 is 0. The van der Waals surface area contributed by atoms with Crippen LogP contribution in [0.15, 0.2) is 48.5 Å². The van der Waals surface area contributed by atoms with Crippen molar-refractivity contribution in [1.29, 1.82) is 0 Å². The zero-order chi connectivity index (χ0) is 17.9. The molecule has 2 aromatic rings. The lowest BCUT2D eigenvalue weighted by molar-refractivity contribution is 0.251. The predicted octanol–water partition coefficient (Wildman–Crippen LogP) is 2.33. The van der Waals surface area contributed by atoms with Crippen molar-refractivity contribution in [2.75, 3.05) is 18.1 Å². The Hall–Kier alpha value is -2.38. The lowest BCUT2D eigenvalue weighted by Gasteiger charge is -2.27. The number of anilines is 1. The van der Waals surface area contributed by atoms with Gasteiger partial charge < -0.3 is 10.6 Å². The molecule has 6 nitrogen and oxygen atoms in total. The molecule has 0 fully saturated rings. The Labute approximate surface area is 147 Å². The van der Waals surface area contributed by atoms with E-state index in [0.29, 0.717) is 31.7 Å². The first-order valence-corrected chi connectivity index (χ1v) is 9.92. The second kappa shape index (κ2) is 7.25. The molecule has 0 spiro atoms. The Kier molecular flexibility index (Phi) is 5.06. The van der Waals surface area contributed by atoms with Gasteiger partial charge in [0.25, 0.3) is 0 Å². The molecule has 2 amide bonds. The van der Waals surface area contributed by atoms with Crippen molar-refractivity contribution in [3.8, 4) is 0 Å². The highest BCUT2D eigenvalue weighted by Gasteiger charge is 2.23. The highest BCUT2D eigenvalue weighted by Crippen LogP contribution is 2.24. The number of hydrogen-bond donors (Lipinski definition) is 2. The smallest absolute Gasteiger partial charge is 0.319 e. The first kappa shape index (κ1) is 17.4. The Balaban J connectivity index is 1.63. The molecule has 0 saturated carbocycles. The number of carbonyl (C=O) groups is 1. The van der Waals surface area contributed by atoms with E-state index < -0.39 is 10.0 Å². The van der Waals surface area contributed by atoms with E-state index in [2.05, 4.69) is 10.6 Å². The highest BCUT2D eigenvalue weighted by molar-refractivity contribution is 7.88. The number of hydrogen-bond acceptors (Lipinski definition) is 3. The predicted molar refractivity (Wildman–Crippen MR) is 97.7 cm³/mol. The van der Waals surface area contributed by atoms with Crippen molar-refractivity contribution < 1.29 is 13.2 Å². The summed E-state index contributed by atoms with van der Waals surface area (Å²) in [4.78, 5) is 12.0. The van der Waals surface area contributed by atoms with Gasteiger partial charge in [0.05, 0.1) is 6.26 Å². The van der Waals surface area contributed by atoms with E-state index in [0.717, 1.165) is 16.7 Å². The number of carbonyl (C=O) groups excluding carboxylic acids is 1. The number of nitrogens with zero attached hydrogens (tertiary/aromatic N) is 1. The molecule has 1 aliphatic heterocycles. The summed E-state index contributed by atoms with van der Waals surface area (Å²) in [5.41, 5.74) is 3.72. The van der Waals surface area contributed by atoms with Gasteiger partial charge in [0.2, 0.25) is 10.0 Å². The molecule has 1 heterocycles. The fourth-order valence-electron chi connectivity index (χ4n) is 2.85. The van der Waals surface area contributed by atoms with Gasteiger partial charge in [-0.15, -0.1) is 0 Å². The van der Waals surface area contributed by atoms with Crippen molar-refractivity contribution in [3.05, 3.63) is 65.2 Å². The van der Waals surface area contributed by atoms with Crippen LogP contribution in [-0.2, 0) is 29.5 Å². The molecule has 2 N–H and O–H groups in total. The van der Waals surface area contributed by atoms with Gasteiger partial charge in [-0.3, -0.25) is 0 Å². The Morgan fingerprint density at radius 1 is 1.12 bits per heavy atom. The van der Waals surface area contributed by atoms with Gasteiger partial charge in [0, 0.05) is 25.3 Å². The third kappa shape index (κ3) is 4.58. The van der Waals surface area contributed by atoms with E-state index in [4.69, 9.17) is 0 Å². The zero-order valence-corrected chi connectivity index (χ0v) is 14.8. The Bertz CT molecular complexity index is 866. The number of rotatable bonds is 4. The lowest BCUT2D eigenvalue weighted by Crippen LogP contribution is -2.35. The molecule has 0 unspecified atom stereocenters. The second-order valence-electron chi connectivity index (χ2n) is 6.12. The van der Waals surface area contributed by atoms with E-state index in [-0.39, 0.29) is 6.03 Å². The van der Waals surface area contributed by atoms with Crippen LogP contribution in [0, 0.1) is 0 Å². The number of amides is 2. The van der Waals surface area contributed by atoms with E-state index in [1.165, 1.54) is 10.6 Å². The van der Waals surface area contributed by atoms with Crippen LogP contribution in [0.2, 0.25) is 0 Å². The van der Waals surface area contributed by atoms with Gasteiger partial charge in [-0.25, -0.2) is 13.2 Å². The van der Waals surface area contributed by atoms with Gasteiger partial charge >= 0.3 is 6.03 Å². The van der Waals surface area contributed by atoms with Gasteiger partial charge in [-0.05, 0) is 35.2 Å². The summed E-state index contributed by atoms with van der Waals surface area (Å²) in [6, 6.07) is 15.0. The quantitative estimate of drug-likeness (QED) is 0.879. The zero-order valence-electron chi connectivity index (χ0n) is 14.0. The molecule has 0 radical (unpaired) electrons. The highest BCUT2D eigenvalue weighted by atomic mass is 32.2. The molecule has 0 saturated heterocycles. The standard InChI is InChI=1S/C18H21N3O3S/c1-25(23,24)21-10-9-15-7-8-17(11-16(15)13-21)20-18(22)19-12-14-5-3-2-4-6-14/h2-8,11H,9-10,12-13H2,1H3,(H2,19,20,22). The molecule has 3 rings (SSSR count). The van der Waals surface area contributed by atoms with Crippen molar-refractivity contribution >= 4 is 21.7 Å². The van der Waals surface area contributed by atoms with Gasteiger partial charge in [0.1, 0.15) is 0 Å². The van der Waals surface area contributed by atoms with Gasteiger partial charge in [-0.2, -0.15) is 4.31 Å². The average Bonchev–Trinajstić information content (AvgIpc) is 2.59. The van der Waals surface area contributed by atoms with Crippen LogP contribution in [0.25, 0.3) is 0 Å². The first-order valence-electron chi connectivity index (χ1n) is 8.07. The van der Waals surface area contributed by atoms with Crippen LogP contribution in [-0.4, -0.2) is 31.6 Å². The summed E-state index contributed by atoms with van der Waals surface area (Å²) in [5.74, 6) is 0. The number of fused-ring (bicyclic) bond motifs is 1. The summed E-state index contributed by atoms with van der Waals surface area (Å²) in [7, 11) is -3.21. The molecule has 25 heavy (non-hydrogen) atoms. The van der Waals surface area contributed by atoms with E-state index in [9.17, 15) is 13.2 Å². The van der Waals surface area contributed by atoms with Crippen LogP contribution in [0.3, 0.4) is 0 Å². The van der Waals surface area contributed by atoms with Crippen LogP contribution < -0.4 is 10.6 Å². The minimum Gasteiger partial charge on any atom is -0.334 e. The van der Waals surface area contributed by atoms with Crippen molar-refractivity contribution in [3.63, 3.8) is 0 Å². The largest absolute Gasteiger partial charge is 0.334 e. The minimum absolute atomic E-state index is 0.292. The first-order chi connectivity index (χ1) is 11.9. The van der Waals surface area contributed by atoms with Crippen molar-refractivity contribution in [2.45, 2.75) is 19.5 Å². The molecular weight excluding hydrogens is 338 g/mol. The molecule has 0 atom stereocenters.